The van der Waals surface area contributed by atoms with Gasteiger partial charge in [0.05, 0.1) is 5.75 Å². The Bertz CT molecular complexity index is 1250. The molecule has 0 fully saturated rings. The molecule has 2 heterocycles. The monoisotopic (exact) mass is 524 g/mol. The third-order valence-electron chi connectivity index (χ3n) is 4.16. The number of anilines is 2. The van der Waals surface area contributed by atoms with Crippen LogP contribution in [0.2, 0.25) is 0 Å². The molecular weight excluding hydrogens is 509 g/mol. The predicted molar refractivity (Wildman–Crippen MR) is 123 cm³/mol. The zero-order chi connectivity index (χ0) is 24.8. The Kier molecular flexibility index (Phi) is 7.41. The number of ether oxygens (including phenoxy) is 3. The van der Waals surface area contributed by atoms with E-state index in [9.17, 15) is 22.8 Å². The minimum atomic E-state index is -4.79. The molecule has 1 aliphatic rings. The summed E-state index contributed by atoms with van der Waals surface area (Å²) in [6, 6.07) is 10.1. The first-order valence-electron chi connectivity index (χ1n) is 9.74. The van der Waals surface area contributed by atoms with Crippen molar-refractivity contribution in [3.8, 4) is 17.2 Å². The fourth-order valence-electron chi connectivity index (χ4n) is 2.72. The molecule has 9 nitrogen and oxygen atoms in total. The molecule has 1 aliphatic heterocycles. The van der Waals surface area contributed by atoms with Gasteiger partial charge < -0.3 is 19.5 Å². The van der Waals surface area contributed by atoms with E-state index in [4.69, 9.17) is 9.47 Å². The molecular formula is C21H15F3N4O5S2. The highest BCUT2D eigenvalue weighted by molar-refractivity contribution is 8.01. The van der Waals surface area contributed by atoms with Crippen LogP contribution in [-0.4, -0.2) is 40.9 Å². The molecule has 0 aliphatic carbocycles. The van der Waals surface area contributed by atoms with E-state index in [0.29, 0.717) is 21.5 Å². The molecule has 3 aromatic rings. The number of hydrogen-bond donors (Lipinski definition) is 2. The Balaban J connectivity index is 1.22. The van der Waals surface area contributed by atoms with Gasteiger partial charge in [-0.2, -0.15) is 0 Å². The number of rotatable bonds is 8. The minimum Gasteiger partial charge on any atom is -0.454 e. The number of hydrogen-bond acceptors (Lipinski definition) is 9. The molecule has 0 unspecified atom stereocenters. The summed E-state index contributed by atoms with van der Waals surface area (Å²) < 4.78 is 51.3. The van der Waals surface area contributed by atoms with Crippen molar-refractivity contribution >= 4 is 51.8 Å². The molecule has 14 heteroatoms. The number of alkyl halides is 3. The van der Waals surface area contributed by atoms with Crippen molar-refractivity contribution in [2.45, 2.75) is 10.7 Å². The number of nitrogens with zero attached hydrogens (tertiary/aromatic N) is 2. The molecule has 182 valence electrons. The van der Waals surface area contributed by atoms with Gasteiger partial charge in [-0.15, -0.1) is 23.4 Å². The lowest BCUT2D eigenvalue weighted by molar-refractivity contribution is -0.274. The van der Waals surface area contributed by atoms with Crippen LogP contribution in [0.25, 0.3) is 6.08 Å². The summed E-state index contributed by atoms with van der Waals surface area (Å²) in [5.74, 6) is 0.0347. The Morgan fingerprint density at radius 1 is 1.09 bits per heavy atom. The van der Waals surface area contributed by atoms with E-state index in [-0.39, 0.29) is 23.4 Å². The molecule has 0 radical (unpaired) electrons. The number of halogens is 3. The number of amides is 2. The quantitative estimate of drug-likeness (QED) is 0.251. The molecule has 1 aromatic heterocycles. The summed E-state index contributed by atoms with van der Waals surface area (Å²) in [6.45, 7) is 0.163. The maximum absolute atomic E-state index is 12.2. The van der Waals surface area contributed by atoms with Crippen molar-refractivity contribution < 1.29 is 37.0 Å². The normalized spacial score (nSPS) is 12.5. The van der Waals surface area contributed by atoms with Crippen molar-refractivity contribution in [1.82, 2.24) is 10.2 Å². The highest BCUT2D eigenvalue weighted by atomic mass is 32.2. The fourth-order valence-corrected chi connectivity index (χ4v) is 4.27. The van der Waals surface area contributed by atoms with Crippen molar-refractivity contribution in [2.24, 2.45) is 0 Å². The molecule has 0 saturated heterocycles. The lowest BCUT2D eigenvalue weighted by Gasteiger charge is -2.09. The van der Waals surface area contributed by atoms with Crippen LogP contribution in [0.3, 0.4) is 0 Å². The van der Waals surface area contributed by atoms with Gasteiger partial charge in [0.1, 0.15) is 5.75 Å². The van der Waals surface area contributed by atoms with Crippen LogP contribution in [0.1, 0.15) is 5.56 Å². The second kappa shape index (κ2) is 10.7. The topological polar surface area (TPSA) is 112 Å². The van der Waals surface area contributed by atoms with Gasteiger partial charge in [0.25, 0.3) is 0 Å². The van der Waals surface area contributed by atoms with Gasteiger partial charge in [-0.1, -0.05) is 29.2 Å². The van der Waals surface area contributed by atoms with E-state index < -0.39 is 18.2 Å². The summed E-state index contributed by atoms with van der Waals surface area (Å²) in [6.07, 6.45) is -1.84. The van der Waals surface area contributed by atoms with Crippen LogP contribution < -0.4 is 24.8 Å². The number of nitrogens with one attached hydrogen (secondary N) is 2. The van der Waals surface area contributed by atoms with Gasteiger partial charge in [0.15, 0.2) is 15.8 Å². The second-order valence-electron chi connectivity index (χ2n) is 6.72. The van der Waals surface area contributed by atoms with Gasteiger partial charge in [-0.25, -0.2) is 0 Å². The Morgan fingerprint density at radius 2 is 1.86 bits per heavy atom. The van der Waals surface area contributed by atoms with Crippen LogP contribution in [-0.2, 0) is 9.59 Å². The first-order chi connectivity index (χ1) is 16.7. The number of carbonyl (C=O) groups is 2. The third-order valence-corrected chi connectivity index (χ3v) is 6.13. The SMILES string of the molecule is O=C(/C=C/c1ccc2c(c1)OCO2)Nc1nnc(SCC(=O)Nc2ccc(OC(F)(F)F)cc2)s1. The number of thioether (sulfide) groups is 1. The average molecular weight is 525 g/mol. The lowest BCUT2D eigenvalue weighted by Crippen LogP contribution is -2.17. The standard InChI is InChI=1S/C21H15F3N4O5S2/c22-21(23,24)33-14-5-3-13(4-6-14)25-18(30)10-34-20-28-27-19(35-20)26-17(29)8-2-12-1-7-15-16(9-12)32-11-31-15/h1-9H,10-11H2,(H,25,30)(H,26,27,29)/b8-2+. The molecule has 0 atom stereocenters. The van der Waals surface area contributed by atoms with Crippen LogP contribution in [0, 0.1) is 0 Å². The average Bonchev–Trinajstić information content (AvgIpc) is 3.45. The highest BCUT2D eigenvalue weighted by Crippen LogP contribution is 2.33. The van der Waals surface area contributed by atoms with E-state index in [2.05, 4.69) is 25.6 Å². The maximum atomic E-state index is 12.2. The first kappa shape index (κ1) is 24.3. The van der Waals surface area contributed by atoms with Crippen LogP contribution >= 0.6 is 23.1 Å². The largest absolute Gasteiger partial charge is 0.573 e. The van der Waals surface area contributed by atoms with Crippen molar-refractivity contribution in [3.05, 3.63) is 54.1 Å². The smallest absolute Gasteiger partial charge is 0.454 e. The molecule has 0 spiro atoms. The number of aromatic nitrogens is 2. The van der Waals surface area contributed by atoms with Gasteiger partial charge in [-0.3, -0.25) is 14.9 Å². The fraction of sp³-hybridized carbons (Fsp3) is 0.143. The van der Waals surface area contributed by atoms with Crippen LogP contribution in [0.15, 0.2) is 52.9 Å². The number of fused-ring (bicyclic) bond motifs is 1. The van der Waals surface area contributed by atoms with E-state index in [1.807, 2.05) is 0 Å². The van der Waals surface area contributed by atoms with E-state index in [1.54, 1.807) is 24.3 Å². The molecule has 2 aromatic carbocycles. The minimum absolute atomic E-state index is 0.0204. The van der Waals surface area contributed by atoms with E-state index in [0.717, 1.165) is 40.8 Å². The van der Waals surface area contributed by atoms with Gasteiger partial charge in [0.2, 0.25) is 23.7 Å². The third kappa shape index (κ3) is 7.35. The van der Waals surface area contributed by atoms with E-state index in [1.165, 1.54) is 18.2 Å². The highest BCUT2D eigenvalue weighted by Gasteiger charge is 2.31. The lowest BCUT2D eigenvalue weighted by atomic mass is 10.2. The van der Waals surface area contributed by atoms with Crippen LogP contribution in [0.5, 0.6) is 17.2 Å². The molecule has 2 N–H and O–H groups in total. The Hall–Kier alpha value is -3.78. The van der Waals surface area contributed by atoms with Crippen molar-refractivity contribution in [3.63, 3.8) is 0 Å². The zero-order valence-corrected chi connectivity index (χ0v) is 19.1. The van der Waals surface area contributed by atoms with Gasteiger partial charge in [-0.05, 0) is 48.0 Å². The molecule has 35 heavy (non-hydrogen) atoms. The number of benzene rings is 2. The molecule has 0 saturated carbocycles. The molecule has 4 rings (SSSR count). The molecule has 0 bridgehead atoms. The second-order valence-corrected chi connectivity index (χ2v) is 8.92. The summed E-state index contributed by atoms with van der Waals surface area (Å²) in [7, 11) is 0. The Labute approximate surface area is 204 Å². The van der Waals surface area contributed by atoms with Gasteiger partial charge in [0, 0.05) is 11.8 Å². The summed E-state index contributed by atoms with van der Waals surface area (Å²) in [5, 5.41) is 13.2. The molecule has 2 amide bonds. The van der Waals surface area contributed by atoms with Gasteiger partial charge >= 0.3 is 6.36 Å². The maximum Gasteiger partial charge on any atom is 0.573 e. The summed E-state index contributed by atoms with van der Waals surface area (Å²) in [5.41, 5.74) is 1.07. The van der Waals surface area contributed by atoms with Crippen molar-refractivity contribution in [1.29, 1.82) is 0 Å². The van der Waals surface area contributed by atoms with Crippen LogP contribution in [0.4, 0.5) is 24.0 Å². The summed E-state index contributed by atoms with van der Waals surface area (Å²) in [4.78, 5) is 24.2. The summed E-state index contributed by atoms with van der Waals surface area (Å²) >= 11 is 2.18. The first-order valence-corrected chi connectivity index (χ1v) is 11.5. The number of carbonyl (C=O) groups excluding carboxylic acids is 2. The predicted octanol–water partition coefficient (Wildman–Crippen LogP) is 4.55. The zero-order valence-electron chi connectivity index (χ0n) is 17.5. The van der Waals surface area contributed by atoms with E-state index >= 15 is 0 Å². The Morgan fingerprint density at radius 3 is 2.63 bits per heavy atom. The van der Waals surface area contributed by atoms with Crippen molar-refractivity contribution in [2.75, 3.05) is 23.2 Å².